The molecule has 2 aromatic heterocycles. The van der Waals surface area contributed by atoms with Crippen molar-refractivity contribution < 1.29 is 4.74 Å². The van der Waals surface area contributed by atoms with Crippen molar-refractivity contribution in [3.8, 4) is 5.75 Å². The van der Waals surface area contributed by atoms with Crippen molar-refractivity contribution in [2.24, 2.45) is 0 Å². The molecule has 0 unspecified atom stereocenters. The second-order valence-electron chi connectivity index (χ2n) is 4.34. The Balaban J connectivity index is 2.01. The van der Waals surface area contributed by atoms with E-state index in [1.54, 1.807) is 49.9 Å². The summed E-state index contributed by atoms with van der Waals surface area (Å²) in [6.45, 7) is 0. The monoisotopic (exact) mass is 280 g/mol. The molecular formula is C15H12N4O2. The molecule has 0 radical (unpaired) electrons. The van der Waals surface area contributed by atoms with Crippen LogP contribution in [-0.4, -0.2) is 27.0 Å². The molecule has 6 nitrogen and oxygen atoms in total. The number of fused-ring (bicyclic) bond motifs is 1. The van der Waals surface area contributed by atoms with Gasteiger partial charge in [0.25, 0.3) is 5.56 Å². The summed E-state index contributed by atoms with van der Waals surface area (Å²) < 4.78 is 5.10. The van der Waals surface area contributed by atoms with E-state index in [0.29, 0.717) is 22.5 Å². The zero-order valence-corrected chi connectivity index (χ0v) is 11.3. The van der Waals surface area contributed by atoms with E-state index < -0.39 is 0 Å². The fourth-order valence-electron chi connectivity index (χ4n) is 1.91. The van der Waals surface area contributed by atoms with Gasteiger partial charge in [-0.2, -0.15) is 0 Å². The molecule has 2 heterocycles. The van der Waals surface area contributed by atoms with Crippen LogP contribution in [0.4, 0.5) is 0 Å². The lowest BCUT2D eigenvalue weighted by atomic mass is 10.2. The van der Waals surface area contributed by atoms with Crippen LogP contribution in [-0.2, 0) is 0 Å². The Morgan fingerprint density at radius 2 is 2.00 bits per heavy atom. The van der Waals surface area contributed by atoms with Gasteiger partial charge in [-0.3, -0.25) is 4.79 Å². The zero-order valence-electron chi connectivity index (χ0n) is 11.3. The van der Waals surface area contributed by atoms with Crippen molar-refractivity contribution in [2.45, 2.75) is 0 Å². The van der Waals surface area contributed by atoms with Gasteiger partial charge in [-0.25, -0.2) is 15.0 Å². The summed E-state index contributed by atoms with van der Waals surface area (Å²) in [7, 11) is 1.56. The number of aromatic nitrogens is 4. The van der Waals surface area contributed by atoms with Gasteiger partial charge in [0.1, 0.15) is 17.9 Å². The lowest BCUT2D eigenvalue weighted by Gasteiger charge is -2.02. The predicted molar refractivity (Wildman–Crippen MR) is 79.9 cm³/mol. The summed E-state index contributed by atoms with van der Waals surface area (Å²) in [5.41, 5.74) is 1.24. The molecule has 0 saturated carbocycles. The van der Waals surface area contributed by atoms with Gasteiger partial charge in [-0.05, 0) is 30.4 Å². The van der Waals surface area contributed by atoms with Gasteiger partial charge in [-0.1, -0.05) is 0 Å². The lowest BCUT2D eigenvalue weighted by molar-refractivity contribution is 0.415. The van der Waals surface area contributed by atoms with Crippen molar-refractivity contribution in [1.82, 2.24) is 19.9 Å². The van der Waals surface area contributed by atoms with Crippen molar-refractivity contribution in [3.63, 3.8) is 0 Å². The van der Waals surface area contributed by atoms with Crippen molar-refractivity contribution in [2.75, 3.05) is 7.11 Å². The molecule has 3 rings (SSSR count). The Bertz CT molecular complexity index is 856. The number of hydrogen-bond donors (Lipinski definition) is 1. The van der Waals surface area contributed by atoms with E-state index in [1.807, 2.05) is 0 Å². The molecule has 0 aliphatic rings. The fourth-order valence-corrected chi connectivity index (χ4v) is 1.91. The first-order valence-electron chi connectivity index (χ1n) is 6.27. The average Bonchev–Trinajstić information content (AvgIpc) is 2.54. The van der Waals surface area contributed by atoms with Crippen LogP contribution in [0.2, 0.25) is 0 Å². The number of hydrogen-bond acceptors (Lipinski definition) is 5. The summed E-state index contributed by atoms with van der Waals surface area (Å²) >= 11 is 0. The summed E-state index contributed by atoms with van der Waals surface area (Å²) in [5, 5.41) is 0.495. The van der Waals surface area contributed by atoms with Crippen LogP contribution < -0.4 is 10.3 Å². The Kier molecular flexibility index (Phi) is 3.42. The molecule has 6 heteroatoms. The molecular weight excluding hydrogens is 268 g/mol. The largest absolute Gasteiger partial charge is 0.497 e. The number of aromatic amines is 1. The Labute approximate surface area is 120 Å². The van der Waals surface area contributed by atoms with Crippen LogP contribution in [0.1, 0.15) is 11.4 Å². The third-order valence-electron chi connectivity index (χ3n) is 2.95. The lowest BCUT2D eigenvalue weighted by Crippen LogP contribution is -2.09. The second kappa shape index (κ2) is 5.54. The maximum Gasteiger partial charge on any atom is 0.259 e. The number of rotatable bonds is 3. The minimum absolute atomic E-state index is 0.206. The van der Waals surface area contributed by atoms with Crippen LogP contribution >= 0.6 is 0 Å². The molecule has 1 aromatic carbocycles. The smallest absolute Gasteiger partial charge is 0.259 e. The second-order valence-corrected chi connectivity index (χ2v) is 4.34. The van der Waals surface area contributed by atoms with E-state index in [9.17, 15) is 4.79 Å². The molecule has 0 spiro atoms. The van der Waals surface area contributed by atoms with Crippen molar-refractivity contribution >= 4 is 23.1 Å². The van der Waals surface area contributed by atoms with Gasteiger partial charge < -0.3 is 9.72 Å². The maximum absolute atomic E-state index is 12.1. The van der Waals surface area contributed by atoms with Gasteiger partial charge in [0.15, 0.2) is 0 Å². The molecule has 1 N–H and O–H groups in total. The van der Waals surface area contributed by atoms with E-state index in [2.05, 4.69) is 19.9 Å². The molecule has 0 aliphatic carbocycles. The quantitative estimate of drug-likeness (QED) is 0.792. The van der Waals surface area contributed by atoms with Gasteiger partial charge in [0.05, 0.1) is 18.0 Å². The number of H-pyrrole nitrogens is 1. The molecule has 3 aromatic rings. The number of nitrogens with zero attached hydrogens (tertiary/aromatic N) is 3. The first-order valence-corrected chi connectivity index (χ1v) is 6.27. The third kappa shape index (κ3) is 2.79. The van der Waals surface area contributed by atoms with Gasteiger partial charge >= 0.3 is 0 Å². The highest BCUT2D eigenvalue weighted by Crippen LogP contribution is 2.16. The van der Waals surface area contributed by atoms with E-state index >= 15 is 0 Å². The predicted octanol–water partition coefficient (Wildman–Crippen LogP) is 1.89. The van der Waals surface area contributed by atoms with Crippen LogP contribution in [0.5, 0.6) is 5.75 Å². The fraction of sp³-hybridized carbons (Fsp3) is 0.0667. The van der Waals surface area contributed by atoms with Gasteiger partial charge in [-0.15, -0.1) is 0 Å². The molecule has 0 fully saturated rings. The summed E-state index contributed by atoms with van der Waals surface area (Å²) in [6, 6.07) is 5.19. The molecule has 0 bridgehead atoms. The summed E-state index contributed by atoms with van der Waals surface area (Å²) in [4.78, 5) is 27.0. The normalized spacial score (nSPS) is 11.1. The topological polar surface area (TPSA) is 80.8 Å². The Morgan fingerprint density at radius 1 is 1.19 bits per heavy atom. The van der Waals surface area contributed by atoms with Gasteiger partial charge in [0.2, 0.25) is 0 Å². The number of benzene rings is 1. The number of methoxy groups -OCH3 is 1. The highest BCUT2D eigenvalue weighted by Gasteiger charge is 2.03. The Morgan fingerprint density at radius 3 is 2.76 bits per heavy atom. The van der Waals surface area contributed by atoms with E-state index in [4.69, 9.17) is 4.74 Å². The standard InChI is InChI=1S/C15H12N4O2/c1-21-11-3-4-13-12(6-11)15(20)19-14(18-13)5-2-10-7-16-9-17-8-10/h2-9H,1H3,(H,18,19,20). The summed E-state index contributed by atoms with van der Waals surface area (Å²) in [6.07, 6.45) is 8.30. The molecule has 0 atom stereocenters. The maximum atomic E-state index is 12.1. The Hall–Kier alpha value is -3.02. The molecule has 21 heavy (non-hydrogen) atoms. The van der Waals surface area contributed by atoms with Gasteiger partial charge in [0, 0.05) is 18.0 Å². The highest BCUT2D eigenvalue weighted by molar-refractivity contribution is 5.80. The van der Waals surface area contributed by atoms with Crippen LogP contribution in [0.15, 0.2) is 41.7 Å². The minimum atomic E-state index is -0.206. The minimum Gasteiger partial charge on any atom is -0.497 e. The third-order valence-corrected chi connectivity index (χ3v) is 2.95. The molecule has 0 aliphatic heterocycles. The molecule has 0 saturated heterocycles. The SMILES string of the molecule is COc1ccc2nc(C=Cc3cncnc3)[nH]c(=O)c2c1. The molecule has 104 valence electrons. The molecule has 0 amide bonds. The van der Waals surface area contributed by atoms with E-state index in [-0.39, 0.29) is 5.56 Å². The zero-order chi connectivity index (χ0) is 14.7. The van der Waals surface area contributed by atoms with Crippen molar-refractivity contribution in [3.05, 3.63) is 58.7 Å². The van der Waals surface area contributed by atoms with E-state index in [0.717, 1.165) is 5.56 Å². The first-order chi connectivity index (χ1) is 10.3. The van der Waals surface area contributed by atoms with Crippen molar-refractivity contribution in [1.29, 1.82) is 0 Å². The number of ether oxygens (including phenoxy) is 1. The first kappa shape index (κ1) is 13.0. The van der Waals surface area contributed by atoms with E-state index in [1.165, 1.54) is 6.33 Å². The summed E-state index contributed by atoms with van der Waals surface area (Å²) in [5.74, 6) is 1.10. The van der Waals surface area contributed by atoms with Crippen LogP contribution in [0.3, 0.4) is 0 Å². The van der Waals surface area contributed by atoms with Crippen LogP contribution in [0, 0.1) is 0 Å². The number of nitrogens with one attached hydrogen (secondary N) is 1. The highest BCUT2D eigenvalue weighted by atomic mass is 16.5. The van der Waals surface area contributed by atoms with Crippen LogP contribution in [0.25, 0.3) is 23.1 Å². The average molecular weight is 280 g/mol.